The highest BCUT2D eigenvalue weighted by Gasteiger charge is 2.10. The molecule has 0 fully saturated rings. The van der Waals surface area contributed by atoms with Gasteiger partial charge in [0.05, 0.1) is 12.9 Å². The van der Waals surface area contributed by atoms with Gasteiger partial charge in [0, 0.05) is 24.0 Å². The van der Waals surface area contributed by atoms with Crippen LogP contribution in [-0.2, 0) is 4.74 Å². The standard InChI is InChI=1S/C11H16BrNO3/c1-9-3-7-16-10(9)11(14)13-5-2-6-15-8-4-12/h3,7H,2,4-6,8H2,1H3,(H,13,14). The highest BCUT2D eigenvalue weighted by Crippen LogP contribution is 2.07. The highest BCUT2D eigenvalue weighted by molar-refractivity contribution is 9.09. The van der Waals surface area contributed by atoms with E-state index in [-0.39, 0.29) is 5.91 Å². The number of amides is 1. The molecule has 5 heteroatoms. The fourth-order valence-corrected chi connectivity index (χ4v) is 1.45. The Morgan fingerprint density at radius 2 is 2.38 bits per heavy atom. The summed E-state index contributed by atoms with van der Waals surface area (Å²) < 4.78 is 10.3. The smallest absolute Gasteiger partial charge is 0.287 e. The number of ether oxygens (including phenoxy) is 1. The second kappa shape index (κ2) is 7.46. The van der Waals surface area contributed by atoms with E-state index in [0.29, 0.717) is 25.5 Å². The topological polar surface area (TPSA) is 51.5 Å². The maximum absolute atomic E-state index is 11.6. The van der Waals surface area contributed by atoms with Gasteiger partial charge in [0.25, 0.3) is 5.91 Å². The van der Waals surface area contributed by atoms with Crippen LogP contribution in [0.15, 0.2) is 16.7 Å². The molecule has 0 spiro atoms. The van der Waals surface area contributed by atoms with Crippen LogP contribution in [0.4, 0.5) is 0 Å². The number of hydrogen-bond donors (Lipinski definition) is 1. The number of carbonyl (C=O) groups excluding carboxylic acids is 1. The van der Waals surface area contributed by atoms with Crippen LogP contribution >= 0.6 is 15.9 Å². The maximum Gasteiger partial charge on any atom is 0.287 e. The third-order valence-electron chi connectivity index (χ3n) is 2.04. The summed E-state index contributed by atoms with van der Waals surface area (Å²) in [6.07, 6.45) is 2.32. The molecule has 1 heterocycles. The van der Waals surface area contributed by atoms with Gasteiger partial charge in [0.15, 0.2) is 5.76 Å². The minimum absolute atomic E-state index is 0.164. The minimum atomic E-state index is -0.164. The largest absolute Gasteiger partial charge is 0.459 e. The number of rotatable bonds is 7. The van der Waals surface area contributed by atoms with Gasteiger partial charge in [-0.2, -0.15) is 0 Å². The number of furan rings is 1. The molecule has 1 aromatic heterocycles. The third kappa shape index (κ3) is 4.37. The van der Waals surface area contributed by atoms with E-state index in [1.807, 2.05) is 6.92 Å². The predicted molar refractivity (Wildman–Crippen MR) is 65.0 cm³/mol. The summed E-state index contributed by atoms with van der Waals surface area (Å²) in [6.45, 7) is 3.80. The normalized spacial score (nSPS) is 10.4. The van der Waals surface area contributed by atoms with E-state index >= 15 is 0 Å². The summed E-state index contributed by atoms with van der Waals surface area (Å²) in [5, 5.41) is 3.62. The molecule has 90 valence electrons. The van der Waals surface area contributed by atoms with Gasteiger partial charge in [-0.1, -0.05) is 15.9 Å². The molecule has 0 aliphatic carbocycles. The van der Waals surface area contributed by atoms with E-state index in [4.69, 9.17) is 9.15 Å². The summed E-state index contributed by atoms with van der Waals surface area (Å²) >= 11 is 3.27. The van der Waals surface area contributed by atoms with Gasteiger partial charge in [-0.25, -0.2) is 0 Å². The predicted octanol–water partition coefficient (Wildman–Crippen LogP) is 2.12. The summed E-state index contributed by atoms with van der Waals surface area (Å²) in [4.78, 5) is 11.6. The van der Waals surface area contributed by atoms with Crippen molar-refractivity contribution < 1.29 is 13.9 Å². The Labute approximate surface area is 103 Å². The zero-order chi connectivity index (χ0) is 11.8. The van der Waals surface area contributed by atoms with Crippen LogP contribution in [0.3, 0.4) is 0 Å². The van der Waals surface area contributed by atoms with Crippen molar-refractivity contribution in [3.05, 3.63) is 23.7 Å². The molecular formula is C11H16BrNO3. The molecule has 0 saturated carbocycles. The van der Waals surface area contributed by atoms with Crippen LogP contribution < -0.4 is 5.32 Å². The fourth-order valence-electron chi connectivity index (χ4n) is 1.22. The lowest BCUT2D eigenvalue weighted by Gasteiger charge is -2.04. The number of carbonyl (C=O) groups is 1. The Morgan fingerprint density at radius 3 is 3.00 bits per heavy atom. The van der Waals surface area contributed by atoms with Crippen molar-refractivity contribution in [2.24, 2.45) is 0 Å². The van der Waals surface area contributed by atoms with Crippen molar-refractivity contribution in [1.82, 2.24) is 5.32 Å². The SMILES string of the molecule is Cc1ccoc1C(=O)NCCCOCCBr. The fraction of sp³-hybridized carbons (Fsp3) is 0.545. The number of hydrogen-bond acceptors (Lipinski definition) is 3. The summed E-state index contributed by atoms with van der Waals surface area (Å²) in [5.74, 6) is 0.226. The van der Waals surface area contributed by atoms with Gasteiger partial charge in [0.1, 0.15) is 0 Å². The third-order valence-corrected chi connectivity index (χ3v) is 2.36. The van der Waals surface area contributed by atoms with E-state index < -0.39 is 0 Å². The van der Waals surface area contributed by atoms with Crippen molar-refractivity contribution in [2.45, 2.75) is 13.3 Å². The van der Waals surface area contributed by atoms with Gasteiger partial charge < -0.3 is 14.5 Å². The zero-order valence-electron chi connectivity index (χ0n) is 9.29. The highest BCUT2D eigenvalue weighted by atomic mass is 79.9. The van der Waals surface area contributed by atoms with Crippen LogP contribution in [0.5, 0.6) is 0 Å². The van der Waals surface area contributed by atoms with Crippen LogP contribution in [-0.4, -0.2) is 31.0 Å². The first-order valence-corrected chi connectivity index (χ1v) is 6.34. The lowest BCUT2D eigenvalue weighted by atomic mass is 10.2. The quantitative estimate of drug-likeness (QED) is 0.618. The average molecular weight is 290 g/mol. The van der Waals surface area contributed by atoms with E-state index in [1.54, 1.807) is 6.07 Å². The van der Waals surface area contributed by atoms with E-state index in [0.717, 1.165) is 17.3 Å². The zero-order valence-corrected chi connectivity index (χ0v) is 10.9. The van der Waals surface area contributed by atoms with Crippen LogP contribution in [0.2, 0.25) is 0 Å². The van der Waals surface area contributed by atoms with E-state index in [1.165, 1.54) is 6.26 Å². The van der Waals surface area contributed by atoms with Gasteiger partial charge in [-0.15, -0.1) is 0 Å². The lowest BCUT2D eigenvalue weighted by Crippen LogP contribution is -2.25. The molecule has 16 heavy (non-hydrogen) atoms. The minimum Gasteiger partial charge on any atom is -0.459 e. The molecule has 1 aromatic rings. The molecule has 1 N–H and O–H groups in total. The second-order valence-corrected chi connectivity index (χ2v) is 4.14. The van der Waals surface area contributed by atoms with Gasteiger partial charge in [0.2, 0.25) is 0 Å². The summed E-state index contributed by atoms with van der Waals surface area (Å²) in [7, 11) is 0. The monoisotopic (exact) mass is 289 g/mol. The molecule has 0 radical (unpaired) electrons. The molecule has 4 nitrogen and oxygen atoms in total. The molecule has 0 unspecified atom stereocenters. The molecule has 0 aliphatic heterocycles. The Kier molecular flexibility index (Phi) is 6.18. The Balaban J connectivity index is 2.14. The van der Waals surface area contributed by atoms with Crippen molar-refractivity contribution >= 4 is 21.8 Å². The molecule has 0 atom stereocenters. The average Bonchev–Trinajstić information content (AvgIpc) is 2.69. The second-order valence-electron chi connectivity index (χ2n) is 3.34. The van der Waals surface area contributed by atoms with Gasteiger partial charge in [-0.3, -0.25) is 4.79 Å². The van der Waals surface area contributed by atoms with Crippen molar-refractivity contribution in [2.75, 3.05) is 25.1 Å². The first-order chi connectivity index (χ1) is 7.75. The molecule has 1 rings (SSSR count). The molecule has 1 amide bonds. The van der Waals surface area contributed by atoms with E-state index in [2.05, 4.69) is 21.2 Å². The first-order valence-electron chi connectivity index (χ1n) is 5.21. The lowest BCUT2D eigenvalue weighted by molar-refractivity contribution is 0.0916. The van der Waals surface area contributed by atoms with Crippen LogP contribution in [0.1, 0.15) is 22.5 Å². The Bertz CT molecular complexity index is 325. The Morgan fingerprint density at radius 1 is 1.56 bits per heavy atom. The van der Waals surface area contributed by atoms with Gasteiger partial charge in [-0.05, 0) is 19.4 Å². The Hall–Kier alpha value is -0.810. The molecule has 0 aromatic carbocycles. The molecule has 0 saturated heterocycles. The first kappa shape index (κ1) is 13.3. The van der Waals surface area contributed by atoms with Crippen molar-refractivity contribution in [1.29, 1.82) is 0 Å². The number of alkyl halides is 1. The van der Waals surface area contributed by atoms with Gasteiger partial charge >= 0.3 is 0 Å². The van der Waals surface area contributed by atoms with Crippen molar-refractivity contribution in [3.63, 3.8) is 0 Å². The molecule has 0 bridgehead atoms. The number of nitrogens with one attached hydrogen (secondary N) is 1. The number of halogens is 1. The molecule has 0 aliphatic rings. The summed E-state index contributed by atoms with van der Waals surface area (Å²) in [5.41, 5.74) is 0.855. The van der Waals surface area contributed by atoms with Crippen LogP contribution in [0.25, 0.3) is 0 Å². The van der Waals surface area contributed by atoms with Crippen LogP contribution in [0, 0.1) is 6.92 Å². The van der Waals surface area contributed by atoms with Crippen molar-refractivity contribution in [3.8, 4) is 0 Å². The number of aryl methyl sites for hydroxylation is 1. The molecular weight excluding hydrogens is 274 g/mol. The summed E-state index contributed by atoms with van der Waals surface area (Å²) in [6, 6.07) is 1.77. The maximum atomic E-state index is 11.6. The van der Waals surface area contributed by atoms with E-state index in [9.17, 15) is 4.79 Å².